The van der Waals surface area contributed by atoms with E-state index in [1.54, 1.807) is 24.0 Å². The van der Waals surface area contributed by atoms with E-state index >= 15 is 0 Å². The van der Waals surface area contributed by atoms with Crippen molar-refractivity contribution in [3.8, 4) is 0 Å². The first kappa shape index (κ1) is 8.62. The summed E-state index contributed by atoms with van der Waals surface area (Å²) in [6.45, 7) is 0. The van der Waals surface area contributed by atoms with Crippen LogP contribution >= 0.6 is 27.5 Å². The van der Waals surface area contributed by atoms with Crippen molar-refractivity contribution in [2.24, 2.45) is 0 Å². The van der Waals surface area contributed by atoms with Crippen LogP contribution in [0.25, 0.3) is 0 Å². The van der Waals surface area contributed by atoms with Gasteiger partial charge >= 0.3 is 0 Å². The average molecular weight is 236 g/mol. The summed E-state index contributed by atoms with van der Waals surface area (Å²) in [6.07, 6.45) is 1.80. The smallest absolute Gasteiger partial charge is 0.146 e. The van der Waals surface area contributed by atoms with Gasteiger partial charge in [0.05, 0.1) is 5.69 Å². The molecule has 0 bridgehead atoms. The highest BCUT2D eigenvalue weighted by molar-refractivity contribution is 9.10. The second-order valence-electron chi connectivity index (χ2n) is 1.95. The molecule has 0 aliphatic rings. The van der Waals surface area contributed by atoms with Gasteiger partial charge < -0.3 is 5.43 Å². The molecule has 3 nitrogen and oxygen atoms in total. The van der Waals surface area contributed by atoms with Crippen LogP contribution in [-0.4, -0.2) is 16.9 Å². The Morgan fingerprint density at radius 3 is 2.82 bits per heavy atom. The minimum atomic E-state index is 0.0186. The third kappa shape index (κ3) is 1.75. The van der Waals surface area contributed by atoms with E-state index in [0.717, 1.165) is 4.47 Å². The van der Waals surface area contributed by atoms with Crippen molar-refractivity contribution in [2.45, 2.75) is 0 Å². The third-order valence-corrected chi connectivity index (χ3v) is 1.88. The minimum Gasteiger partial charge on any atom is -0.329 e. The molecule has 0 spiro atoms. The highest BCUT2D eigenvalue weighted by atomic mass is 79.9. The molecule has 0 saturated carbocycles. The zero-order chi connectivity index (χ0) is 8.43. The molecular formula is C6H7BrClN3. The predicted octanol–water partition coefficient (Wildman–Crippen LogP) is 1.99. The Hall–Kier alpha value is -0.480. The molecule has 0 fully saturated rings. The molecule has 1 rings (SSSR count). The molecule has 0 radical (unpaired) electrons. The first-order chi connectivity index (χ1) is 5.15. The van der Waals surface area contributed by atoms with Gasteiger partial charge in [0.15, 0.2) is 0 Å². The Labute approximate surface area is 78.0 Å². The lowest BCUT2D eigenvalue weighted by Crippen LogP contribution is -2.12. The van der Waals surface area contributed by atoms with Gasteiger partial charge in [-0.05, 0) is 22.0 Å². The molecule has 60 valence electrons. The largest absolute Gasteiger partial charge is 0.329 e. The van der Waals surface area contributed by atoms with E-state index in [0.29, 0.717) is 5.69 Å². The fourth-order valence-corrected chi connectivity index (χ4v) is 1.35. The summed E-state index contributed by atoms with van der Waals surface area (Å²) < 4.78 is 2.56. The van der Waals surface area contributed by atoms with Gasteiger partial charge in [0.1, 0.15) is 5.17 Å². The minimum absolute atomic E-state index is 0.0186. The lowest BCUT2D eigenvalue weighted by atomic mass is 10.5. The van der Waals surface area contributed by atoms with Crippen LogP contribution in [0.4, 0.5) is 0 Å². The van der Waals surface area contributed by atoms with Crippen LogP contribution in [0.3, 0.4) is 0 Å². The molecule has 2 N–H and O–H groups in total. The number of hydrogen-bond donors (Lipinski definition) is 2. The average Bonchev–Trinajstić information content (AvgIpc) is 2.30. The summed E-state index contributed by atoms with van der Waals surface area (Å²) in [4.78, 5) is 0. The Morgan fingerprint density at radius 2 is 2.45 bits per heavy atom. The second kappa shape index (κ2) is 3.28. The van der Waals surface area contributed by atoms with Gasteiger partial charge in [-0.25, -0.2) is 0 Å². The maximum absolute atomic E-state index is 7.18. The molecule has 1 aromatic heterocycles. The van der Waals surface area contributed by atoms with Crippen molar-refractivity contribution in [2.75, 3.05) is 12.5 Å². The molecule has 0 aliphatic heterocycles. The van der Waals surface area contributed by atoms with E-state index < -0.39 is 0 Å². The van der Waals surface area contributed by atoms with Gasteiger partial charge in [0.2, 0.25) is 0 Å². The molecule has 1 aromatic rings. The first-order valence-electron chi connectivity index (χ1n) is 2.95. The normalized spacial score (nSPS) is 9.73. The quantitative estimate of drug-likeness (QED) is 0.758. The highest BCUT2D eigenvalue weighted by Crippen LogP contribution is 2.14. The van der Waals surface area contributed by atoms with Gasteiger partial charge in [-0.15, -0.1) is 0 Å². The van der Waals surface area contributed by atoms with Crippen LogP contribution in [0, 0.1) is 5.41 Å². The van der Waals surface area contributed by atoms with E-state index in [2.05, 4.69) is 21.4 Å². The molecule has 0 saturated heterocycles. The molecular weight excluding hydrogens is 229 g/mol. The number of hydrogen-bond acceptors (Lipinski definition) is 2. The van der Waals surface area contributed by atoms with Gasteiger partial charge in [0, 0.05) is 17.7 Å². The second-order valence-corrected chi connectivity index (χ2v) is 3.24. The van der Waals surface area contributed by atoms with Crippen molar-refractivity contribution in [1.82, 2.24) is 4.68 Å². The van der Waals surface area contributed by atoms with Gasteiger partial charge in [0.25, 0.3) is 0 Å². The van der Waals surface area contributed by atoms with E-state index in [1.807, 2.05) is 0 Å². The summed E-state index contributed by atoms with van der Waals surface area (Å²) in [5.41, 5.74) is 3.50. The van der Waals surface area contributed by atoms with Crippen LogP contribution in [0.5, 0.6) is 0 Å². The lowest BCUT2D eigenvalue weighted by Gasteiger charge is -2.03. The Bertz CT molecular complexity index is 281. The van der Waals surface area contributed by atoms with Crippen LogP contribution in [0.15, 0.2) is 16.7 Å². The molecule has 0 unspecified atom stereocenters. The molecule has 0 amide bonds. The van der Waals surface area contributed by atoms with Gasteiger partial charge in [-0.1, -0.05) is 11.6 Å². The SMILES string of the molecule is CNn1cc(Br)cc1C(=N)Cl. The predicted molar refractivity (Wildman–Crippen MR) is 50.1 cm³/mol. The monoisotopic (exact) mass is 235 g/mol. The van der Waals surface area contributed by atoms with Crippen LogP contribution in [-0.2, 0) is 0 Å². The number of nitrogens with one attached hydrogen (secondary N) is 2. The maximum Gasteiger partial charge on any atom is 0.146 e. The fourth-order valence-electron chi connectivity index (χ4n) is 0.784. The fraction of sp³-hybridized carbons (Fsp3) is 0.167. The first-order valence-corrected chi connectivity index (χ1v) is 4.12. The molecule has 11 heavy (non-hydrogen) atoms. The maximum atomic E-state index is 7.18. The summed E-state index contributed by atoms with van der Waals surface area (Å²) in [5.74, 6) is 0. The van der Waals surface area contributed by atoms with E-state index in [4.69, 9.17) is 17.0 Å². The summed E-state index contributed by atoms with van der Waals surface area (Å²) in [6, 6.07) is 1.77. The van der Waals surface area contributed by atoms with Crippen molar-refractivity contribution >= 4 is 32.7 Å². The molecule has 5 heteroatoms. The molecule has 0 aromatic carbocycles. The number of aromatic nitrogens is 1. The molecule has 0 aliphatic carbocycles. The highest BCUT2D eigenvalue weighted by Gasteiger charge is 2.05. The van der Waals surface area contributed by atoms with Gasteiger partial charge in [-0.3, -0.25) is 10.1 Å². The van der Waals surface area contributed by atoms with E-state index in [1.165, 1.54) is 0 Å². The third-order valence-electron chi connectivity index (χ3n) is 1.25. The molecule has 1 heterocycles. The van der Waals surface area contributed by atoms with E-state index in [9.17, 15) is 0 Å². The zero-order valence-corrected chi connectivity index (χ0v) is 8.20. The summed E-state index contributed by atoms with van der Waals surface area (Å²) in [7, 11) is 1.76. The molecule has 0 atom stereocenters. The van der Waals surface area contributed by atoms with Crippen LogP contribution in [0.1, 0.15) is 5.69 Å². The Kier molecular flexibility index (Phi) is 2.57. The van der Waals surface area contributed by atoms with Crippen molar-refractivity contribution in [3.05, 3.63) is 22.4 Å². The summed E-state index contributed by atoms with van der Waals surface area (Å²) >= 11 is 8.78. The Balaban J connectivity index is 3.12. The Morgan fingerprint density at radius 1 is 1.82 bits per heavy atom. The number of nitrogens with zero attached hydrogens (tertiary/aromatic N) is 1. The number of rotatable bonds is 2. The number of halogens is 2. The topological polar surface area (TPSA) is 40.8 Å². The van der Waals surface area contributed by atoms with Crippen LogP contribution < -0.4 is 5.43 Å². The zero-order valence-electron chi connectivity index (χ0n) is 5.86. The van der Waals surface area contributed by atoms with Gasteiger partial charge in [-0.2, -0.15) is 0 Å². The standard InChI is InChI=1S/C6H7BrClN3/c1-10-11-3-4(7)2-5(11)6(8)9/h2-3,9-10H,1H3. The van der Waals surface area contributed by atoms with Crippen LogP contribution in [0.2, 0.25) is 0 Å². The van der Waals surface area contributed by atoms with Crippen molar-refractivity contribution in [3.63, 3.8) is 0 Å². The van der Waals surface area contributed by atoms with Crippen molar-refractivity contribution in [1.29, 1.82) is 5.41 Å². The van der Waals surface area contributed by atoms with Crippen molar-refractivity contribution < 1.29 is 0 Å². The van der Waals surface area contributed by atoms with E-state index in [-0.39, 0.29) is 5.17 Å². The lowest BCUT2D eigenvalue weighted by molar-refractivity contribution is 0.925. The summed E-state index contributed by atoms with van der Waals surface area (Å²) in [5, 5.41) is 7.20.